The number of sulfonamides is 1. The summed E-state index contributed by atoms with van der Waals surface area (Å²) in [4.78, 5) is 24.5. The number of carbonyl (C=O) groups excluding carboxylic acids is 2. The molecule has 2 aromatic carbocycles. The van der Waals surface area contributed by atoms with E-state index < -0.39 is 28.0 Å². The average Bonchev–Trinajstić information content (AvgIpc) is 2.67. The minimum absolute atomic E-state index is 0.0103. The number of esters is 1. The number of anilines is 1. The third kappa shape index (κ3) is 5.81. The summed E-state index contributed by atoms with van der Waals surface area (Å²) in [5.41, 5.74) is 1.64. The number of rotatable bonds is 6. The van der Waals surface area contributed by atoms with E-state index in [9.17, 15) is 18.0 Å². The number of hydrogen-bond donors (Lipinski definition) is 2. The molecule has 2 rings (SSSR count). The Balaban J connectivity index is 2.08. The van der Waals surface area contributed by atoms with E-state index in [-0.39, 0.29) is 20.9 Å². The van der Waals surface area contributed by atoms with Crippen LogP contribution in [0.5, 0.6) is 0 Å². The van der Waals surface area contributed by atoms with Gasteiger partial charge in [-0.25, -0.2) is 17.9 Å². The SMILES string of the molecule is CNS(=O)(=O)c1cc(C(=O)OC(C)C(=O)Nc2ccc(C(C)(C)C)cc2)ccc1Cl. The number of halogens is 1. The molecule has 0 aromatic heterocycles. The van der Waals surface area contributed by atoms with Crippen molar-refractivity contribution in [3.63, 3.8) is 0 Å². The second-order valence-corrected chi connectivity index (χ2v) is 9.98. The first-order valence-corrected chi connectivity index (χ1v) is 11.1. The van der Waals surface area contributed by atoms with E-state index in [4.69, 9.17) is 16.3 Å². The molecule has 30 heavy (non-hydrogen) atoms. The fourth-order valence-electron chi connectivity index (χ4n) is 2.53. The summed E-state index contributed by atoms with van der Waals surface area (Å²) in [6.45, 7) is 7.70. The summed E-state index contributed by atoms with van der Waals surface area (Å²) in [7, 11) is -2.62. The smallest absolute Gasteiger partial charge is 0.338 e. The summed E-state index contributed by atoms with van der Waals surface area (Å²) in [5.74, 6) is -1.35. The second kappa shape index (κ2) is 9.16. The van der Waals surface area contributed by atoms with Crippen LogP contribution in [0.2, 0.25) is 5.02 Å². The van der Waals surface area contributed by atoms with Gasteiger partial charge in [0.1, 0.15) is 4.90 Å². The fraction of sp³-hybridized carbons (Fsp3) is 0.333. The molecule has 1 amide bonds. The lowest BCUT2D eigenvalue weighted by atomic mass is 9.87. The lowest BCUT2D eigenvalue weighted by molar-refractivity contribution is -0.123. The summed E-state index contributed by atoms with van der Waals surface area (Å²) in [6.07, 6.45) is -1.10. The van der Waals surface area contributed by atoms with Crippen molar-refractivity contribution in [2.45, 2.75) is 44.1 Å². The monoisotopic (exact) mass is 452 g/mol. The molecule has 0 heterocycles. The lowest BCUT2D eigenvalue weighted by Gasteiger charge is -2.19. The lowest BCUT2D eigenvalue weighted by Crippen LogP contribution is -2.30. The first-order valence-electron chi connectivity index (χ1n) is 9.20. The molecule has 9 heteroatoms. The van der Waals surface area contributed by atoms with Gasteiger partial charge in [-0.1, -0.05) is 44.5 Å². The molecule has 0 saturated carbocycles. The summed E-state index contributed by atoms with van der Waals surface area (Å²) < 4.78 is 31.3. The third-order valence-corrected chi connectivity index (χ3v) is 6.29. The van der Waals surface area contributed by atoms with Crippen LogP contribution in [0.3, 0.4) is 0 Å². The highest BCUT2D eigenvalue weighted by molar-refractivity contribution is 7.89. The first kappa shape index (κ1) is 23.9. The van der Waals surface area contributed by atoms with Gasteiger partial charge in [0.2, 0.25) is 10.0 Å². The normalized spacial score (nSPS) is 12.9. The van der Waals surface area contributed by atoms with Crippen LogP contribution in [-0.2, 0) is 25.0 Å². The number of ether oxygens (including phenoxy) is 1. The Morgan fingerprint density at radius 3 is 2.20 bits per heavy atom. The molecular formula is C21H25ClN2O5S. The molecule has 2 N–H and O–H groups in total. The van der Waals surface area contributed by atoms with E-state index in [0.717, 1.165) is 11.6 Å². The van der Waals surface area contributed by atoms with Crippen molar-refractivity contribution in [1.82, 2.24) is 4.72 Å². The molecule has 0 aliphatic heterocycles. The molecule has 2 aromatic rings. The maximum Gasteiger partial charge on any atom is 0.338 e. The van der Waals surface area contributed by atoms with E-state index in [1.165, 1.54) is 26.1 Å². The molecule has 1 unspecified atom stereocenters. The molecule has 0 fully saturated rings. The Labute approximate surface area is 181 Å². The summed E-state index contributed by atoms with van der Waals surface area (Å²) >= 11 is 5.91. The van der Waals surface area contributed by atoms with Gasteiger partial charge in [0.05, 0.1) is 10.6 Å². The van der Waals surface area contributed by atoms with Crippen LogP contribution in [0.25, 0.3) is 0 Å². The standard InChI is InChI=1S/C21H25ClN2O5S/c1-13(19(25)24-16-9-7-15(8-10-16)21(2,3)4)29-20(26)14-6-11-17(22)18(12-14)30(27,28)23-5/h6-13,23H,1-5H3,(H,24,25). The van der Waals surface area contributed by atoms with Crippen molar-refractivity contribution in [3.05, 3.63) is 58.6 Å². The predicted molar refractivity (Wildman–Crippen MR) is 116 cm³/mol. The Hall–Kier alpha value is -2.42. The van der Waals surface area contributed by atoms with Gasteiger partial charge < -0.3 is 10.1 Å². The van der Waals surface area contributed by atoms with Gasteiger partial charge in [0, 0.05) is 5.69 Å². The molecular weight excluding hydrogens is 428 g/mol. The Bertz CT molecular complexity index is 1040. The van der Waals surface area contributed by atoms with Crippen LogP contribution in [0, 0.1) is 0 Å². The largest absolute Gasteiger partial charge is 0.449 e. The molecule has 0 saturated heterocycles. The topological polar surface area (TPSA) is 102 Å². The molecule has 162 valence electrons. The van der Waals surface area contributed by atoms with Gasteiger partial charge in [0.15, 0.2) is 6.10 Å². The van der Waals surface area contributed by atoms with Crippen LogP contribution in [-0.4, -0.2) is 33.4 Å². The quantitative estimate of drug-likeness (QED) is 0.650. The van der Waals surface area contributed by atoms with Crippen molar-refractivity contribution in [3.8, 4) is 0 Å². The van der Waals surface area contributed by atoms with Crippen molar-refractivity contribution >= 4 is 39.2 Å². The average molecular weight is 453 g/mol. The Kier molecular flexibility index (Phi) is 7.28. The van der Waals surface area contributed by atoms with Gasteiger partial charge in [-0.15, -0.1) is 0 Å². The van der Waals surface area contributed by atoms with Crippen molar-refractivity contribution in [1.29, 1.82) is 0 Å². The summed E-state index contributed by atoms with van der Waals surface area (Å²) in [5, 5.41) is 2.65. The van der Waals surface area contributed by atoms with E-state index in [1.54, 1.807) is 12.1 Å². The third-order valence-electron chi connectivity index (χ3n) is 4.40. The molecule has 0 spiro atoms. The van der Waals surface area contributed by atoms with Crippen molar-refractivity contribution in [2.24, 2.45) is 0 Å². The first-order chi connectivity index (χ1) is 13.8. The van der Waals surface area contributed by atoms with Crippen LogP contribution in [0.4, 0.5) is 5.69 Å². The molecule has 0 bridgehead atoms. The molecule has 0 radical (unpaired) electrons. The Morgan fingerprint density at radius 1 is 1.07 bits per heavy atom. The van der Waals surface area contributed by atoms with Crippen molar-refractivity contribution < 1.29 is 22.7 Å². The molecule has 0 aliphatic rings. The highest BCUT2D eigenvalue weighted by Crippen LogP contribution is 2.24. The van der Waals surface area contributed by atoms with Crippen LogP contribution < -0.4 is 10.0 Å². The number of benzene rings is 2. The highest BCUT2D eigenvalue weighted by atomic mass is 35.5. The van der Waals surface area contributed by atoms with Crippen LogP contribution in [0.1, 0.15) is 43.6 Å². The minimum Gasteiger partial charge on any atom is -0.449 e. The van der Waals surface area contributed by atoms with E-state index in [1.807, 2.05) is 12.1 Å². The van der Waals surface area contributed by atoms with E-state index in [0.29, 0.717) is 5.69 Å². The summed E-state index contributed by atoms with van der Waals surface area (Å²) in [6, 6.07) is 11.1. The highest BCUT2D eigenvalue weighted by Gasteiger charge is 2.23. The zero-order chi connectivity index (χ0) is 22.7. The van der Waals surface area contributed by atoms with Gasteiger partial charge in [0.25, 0.3) is 5.91 Å². The molecule has 0 aliphatic carbocycles. The van der Waals surface area contributed by atoms with Gasteiger partial charge in [-0.05, 0) is 55.3 Å². The maximum absolute atomic E-state index is 12.4. The number of carbonyl (C=O) groups is 2. The van der Waals surface area contributed by atoms with Crippen LogP contribution in [0.15, 0.2) is 47.4 Å². The van der Waals surface area contributed by atoms with Gasteiger partial charge >= 0.3 is 5.97 Å². The van der Waals surface area contributed by atoms with Gasteiger partial charge in [-0.2, -0.15) is 0 Å². The van der Waals surface area contributed by atoms with Gasteiger partial charge in [-0.3, -0.25) is 4.79 Å². The van der Waals surface area contributed by atoms with Crippen molar-refractivity contribution in [2.75, 3.05) is 12.4 Å². The zero-order valence-corrected chi connectivity index (χ0v) is 19.0. The number of amides is 1. The Morgan fingerprint density at radius 2 is 1.67 bits per heavy atom. The maximum atomic E-state index is 12.4. The van der Waals surface area contributed by atoms with Crippen LogP contribution >= 0.6 is 11.6 Å². The molecule has 1 atom stereocenters. The van der Waals surface area contributed by atoms with E-state index >= 15 is 0 Å². The molecule has 7 nitrogen and oxygen atoms in total. The predicted octanol–water partition coefficient (Wildman–Crippen LogP) is 3.73. The number of hydrogen-bond acceptors (Lipinski definition) is 5. The fourth-order valence-corrected chi connectivity index (χ4v) is 3.77. The zero-order valence-electron chi connectivity index (χ0n) is 17.4. The second-order valence-electron chi connectivity index (χ2n) is 7.72. The van der Waals surface area contributed by atoms with E-state index in [2.05, 4.69) is 30.8 Å². The number of nitrogens with one attached hydrogen (secondary N) is 2. The minimum atomic E-state index is -3.85.